The normalized spacial score (nSPS) is 41.5. The highest BCUT2D eigenvalue weighted by molar-refractivity contribution is 5.04. The van der Waals surface area contributed by atoms with Gasteiger partial charge in [0.25, 0.3) is 0 Å². The molecular weight excluding hydrogens is 158 g/mol. The second-order valence-corrected chi connectivity index (χ2v) is 5.01. The van der Waals surface area contributed by atoms with Gasteiger partial charge in [0.05, 0.1) is 0 Å². The Balaban J connectivity index is 1.64. The lowest BCUT2D eigenvalue weighted by molar-refractivity contribution is -0.0582. The van der Waals surface area contributed by atoms with E-state index in [1.165, 1.54) is 51.4 Å². The predicted octanol–water partition coefficient (Wildman–Crippen LogP) is 2.76. The first kappa shape index (κ1) is 8.28. The number of fused-ring (bicyclic) bond motifs is 2. The van der Waals surface area contributed by atoms with E-state index in [4.69, 9.17) is 0 Å². The third-order valence-corrected chi connectivity index (χ3v) is 4.24. The second-order valence-electron chi connectivity index (χ2n) is 5.01. The molecule has 2 saturated heterocycles. The zero-order valence-corrected chi connectivity index (χ0v) is 8.41. The van der Waals surface area contributed by atoms with Crippen LogP contribution in [0.2, 0.25) is 0 Å². The highest BCUT2D eigenvalue weighted by Crippen LogP contribution is 2.42. The van der Waals surface area contributed by atoms with E-state index in [0.29, 0.717) is 0 Å². The van der Waals surface area contributed by atoms with Crippen LogP contribution in [-0.2, 0) is 0 Å². The molecule has 1 aliphatic carbocycles. The van der Waals surface area contributed by atoms with E-state index in [9.17, 15) is 0 Å². The van der Waals surface area contributed by atoms with Gasteiger partial charge in [-0.2, -0.15) is 0 Å². The molecule has 1 nitrogen and oxygen atoms in total. The Kier molecular flexibility index (Phi) is 2.08. The summed E-state index contributed by atoms with van der Waals surface area (Å²) in [5, 5.41) is 0. The smallest absolute Gasteiger partial charge is 0.0133 e. The summed E-state index contributed by atoms with van der Waals surface area (Å²) < 4.78 is 0. The molecule has 1 radical (unpaired) electrons. The maximum atomic E-state index is 2.84. The lowest BCUT2D eigenvalue weighted by Gasteiger charge is -2.57. The molecule has 0 aromatic heterocycles. The van der Waals surface area contributed by atoms with Crippen LogP contribution < -0.4 is 0 Å². The molecule has 0 spiro atoms. The lowest BCUT2D eigenvalue weighted by Crippen LogP contribution is -2.62. The maximum absolute atomic E-state index is 2.84. The van der Waals surface area contributed by atoms with E-state index < -0.39 is 0 Å². The largest absolute Gasteiger partial charge is 0.294 e. The molecule has 1 saturated carbocycles. The summed E-state index contributed by atoms with van der Waals surface area (Å²) in [5.41, 5.74) is 0. The summed E-state index contributed by atoms with van der Waals surface area (Å²) in [6.07, 6.45) is 14.3. The fourth-order valence-corrected chi connectivity index (χ4v) is 3.58. The van der Waals surface area contributed by atoms with Crippen molar-refractivity contribution in [3.63, 3.8) is 0 Å². The molecule has 73 valence electrons. The molecule has 0 amide bonds. The minimum absolute atomic E-state index is 0.873. The Labute approximate surface area is 81.5 Å². The van der Waals surface area contributed by atoms with Gasteiger partial charge in [0.1, 0.15) is 0 Å². The Morgan fingerprint density at radius 3 is 2.38 bits per heavy atom. The van der Waals surface area contributed by atoms with Crippen molar-refractivity contribution in [3.05, 3.63) is 6.42 Å². The standard InChI is InChI=1S/C12H20N/c1-2-5-10(6-3-1)13-11-7-4-8-12(13)9-11/h5,10-12H,1-4,6-9H2. The van der Waals surface area contributed by atoms with Crippen LogP contribution in [0.1, 0.15) is 51.4 Å². The third kappa shape index (κ3) is 1.32. The Hall–Kier alpha value is -0.0400. The molecule has 0 aromatic rings. The quantitative estimate of drug-likeness (QED) is 0.597. The molecule has 0 aromatic carbocycles. The minimum atomic E-state index is 0.873. The zero-order chi connectivity index (χ0) is 8.67. The first-order valence-electron chi connectivity index (χ1n) is 6.06. The molecule has 0 N–H and O–H groups in total. The summed E-state index contributed by atoms with van der Waals surface area (Å²) >= 11 is 0. The molecule has 2 heterocycles. The molecule has 3 rings (SSSR count). The van der Waals surface area contributed by atoms with Crippen molar-refractivity contribution in [1.29, 1.82) is 0 Å². The number of hydrogen-bond acceptors (Lipinski definition) is 1. The zero-order valence-electron chi connectivity index (χ0n) is 8.41. The summed E-state index contributed by atoms with van der Waals surface area (Å²) in [5.74, 6) is 0. The SMILES string of the molecule is [CH]1CCCCC1N1C2CCCC1C2. The van der Waals surface area contributed by atoms with E-state index in [1.807, 2.05) is 0 Å². The van der Waals surface area contributed by atoms with E-state index in [1.54, 1.807) is 0 Å². The van der Waals surface area contributed by atoms with Crippen LogP contribution in [0.4, 0.5) is 0 Å². The lowest BCUT2D eigenvalue weighted by atomic mass is 9.76. The van der Waals surface area contributed by atoms with Crippen LogP contribution in [0.3, 0.4) is 0 Å². The average Bonchev–Trinajstić information content (AvgIpc) is 2.20. The highest BCUT2D eigenvalue weighted by atomic mass is 15.3. The molecule has 1 heteroatoms. The molecule has 13 heavy (non-hydrogen) atoms. The molecule has 3 fully saturated rings. The van der Waals surface area contributed by atoms with Gasteiger partial charge in [-0.25, -0.2) is 0 Å². The predicted molar refractivity (Wildman–Crippen MR) is 54.4 cm³/mol. The van der Waals surface area contributed by atoms with Gasteiger partial charge in [-0.1, -0.05) is 19.3 Å². The van der Waals surface area contributed by atoms with Gasteiger partial charge in [0.15, 0.2) is 0 Å². The van der Waals surface area contributed by atoms with Crippen molar-refractivity contribution in [1.82, 2.24) is 4.90 Å². The molecule has 3 unspecified atom stereocenters. The summed E-state index contributed by atoms with van der Waals surface area (Å²) in [4.78, 5) is 2.84. The number of hydrogen-bond donors (Lipinski definition) is 0. The van der Waals surface area contributed by atoms with Crippen LogP contribution in [0.5, 0.6) is 0 Å². The van der Waals surface area contributed by atoms with Crippen LogP contribution in [0.15, 0.2) is 0 Å². The molecule has 3 atom stereocenters. The van der Waals surface area contributed by atoms with Crippen molar-refractivity contribution in [2.24, 2.45) is 0 Å². The topological polar surface area (TPSA) is 3.24 Å². The van der Waals surface area contributed by atoms with Gasteiger partial charge in [-0.05, 0) is 38.5 Å². The van der Waals surface area contributed by atoms with Crippen molar-refractivity contribution in [3.8, 4) is 0 Å². The number of rotatable bonds is 1. The second kappa shape index (κ2) is 3.27. The van der Waals surface area contributed by atoms with Crippen molar-refractivity contribution in [2.75, 3.05) is 0 Å². The van der Waals surface area contributed by atoms with Gasteiger partial charge >= 0.3 is 0 Å². The first-order valence-corrected chi connectivity index (χ1v) is 6.06. The van der Waals surface area contributed by atoms with E-state index in [2.05, 4.69) is 11.3 Å². The van der Waals surface area contributed by atoms with Crippen LogP contribution in [0, 0.1) is 6.42 Å². The summed E-state index contributed by atoms with van der Waals surface area (Å²) in [6, 6.07) is 2.84. The van der Waals surface area contributed by atoms with Gasteiger partial charge in [0.2, 0.25) is 0 Å². The molecule has 3 aliphatic rings. The van der Waals surface area contributed by atoms with E-state index in [0.717, 1.165) is 18.1 Å². The van der Waals surface area contributed by atoms with E-state index in [-0.39, 0.29) is 0 Å². The number of piperidine rings is 1. The van der Waals surface area contributed by atoms with Crippen molar-refractivity contribution < 1.29 is 0 Å². The minimum Gasteiger partial charge on any atom is -0.294 e. The average molecular weight is 178 g/mol. The van der Waals surface area contributed by atoms with Crippen LogP contribution >= 0.6 is 0 Å². The summed E-state index contributed by atoms with van der Waals surface area (Å²) in [7, 11) is 0. The van der Waals surface area contributed by atoms with Crippen molar-refractivity contribution in [2.45, 2.75) is 69.5 Å². The Bertz CT molecular complexity index is 170. The van der Waals surface area contributed by atoms with Gasteiger partial charge in [0, 0.05) is 18.1 Å². The van der Waals surface area contributed by atoms with Gasteiger partial charge in [-0.15, -0.1) is 0 Å². The van der Waals surface area contributed by atoms with Gasteiger partial charge < -0.3 is 0 Å². The molecule has 2 aliphatic heterocycles. The fourth-order valence-electron chi connectivity index (χ4n) is 3.58. The van der Waals surface area contributed by atoms with Crippen LogP contribution in [0.25, 0.3) is 0 Å². The maximum Gasteiger partial charge on any atom is 0.0133 e. The highest BCUT2D eigenvalue weighted by Gasteiger charge is 2.44. The fraction of sp³-hybridized carbons (Fsp3) is 0.917. The third-order valence-electron chi connectivity index (χ3n) is 4.24. The first-order chi connectivity index (χ1) is 6.45. The summed E-state index contributed by atoms with van der Waals surface area (Å²) in [6.45, 7) is 0. The Morgan fingerprint density at radius 2 is 1.77 bits per heavy atom. The molecular formula is C12H20N. The number of nitrogens with zero attached hydrogens (tertiary/aromatic N) is 1. The van der Waals surface area contributed by atoms with E-state index >= 15 is 0 Å². The molecule has 2 bridgehead atoms. The monoisotopic (exact) mass is 178 g/mol. The van der Waals surface area contributed by atoms with Crippen LogP contribution in [-0.4, -0.2) is 23.0 Å². The van der Waals surface area contributed by atoms with Crippen molar-refractivity contribution >= 4 is 0 Å². The Morgan fingerprint density at radius 1 is 0.923 bits per heavy atom. The van der Waals surface area contributed by atoms with Gasteiger partial charge in [-0.3, -0.25) is 4.90 Å².